The number of anilines is 2. The van der Waals surface area contributed by atoms with Crippen LogP contribution in [0.15, 0.2) is 76.5 Å². The Morgan fingerprint density at radius 2 is 1.56 bits per heavy atom. The number of nitro groups is 1. The fourth-order valence-corrected chi connectivity index (χ4v) is 7.39. The highest BCUT2D eigenvalue weighted by molar-refractivity contribution is 7.92. The number of nitrogens with zero attached hydrogens (tertiary/aromatic N) is 3. The van der Waals surface area contributed by atoms with Crippen molar-refractivity contribution >= 4 is 43.0 Å². The van der Waals surface area contributed by atoms with Crippen LogP contribution in [0.5, 0.6) is 5.75 Å². The van der Waals surface area contributed by atoms with Crippen molar-refractivity contribution in [2.75, 3.05) is 36.4 Å². The van der Waals surface area contributed by atoms with Crippen molar-refractivity contribution in [2.45, 2.75) is 36.0 Å². The predicted octanol–water partition coefficient (Wildman–Crippen LogP) is 3.92. The van der Waals surface area contributed by atoms with Gasteiger partial charge in [-0.25, -0.2) is 16.8 Å². The zero-order valence-electron chi connectivity index (χ0n) is 22.5. The molecule has 0 radical (unpaired) electrons. The van der Waals surface area contributed by atoms with Gasteiger partial charge in [0.25, 0.3) is 15.7 Å². The van der Waals surface area contributed by atoms with Gasteiger partial charge in [0.15, 0.2) is 0 Å². The molecule has 0 aliphatic carbocycles. The van der Waals surface area contributed by atoms with Crippen LogP contribution in [-0.4, -0.2) is 58.7 Å². The van der Waals surface area contributed by atoms with Gasteiger partial charge in [0, 0.05) is 30.4 Å². The summed E-state index contributed by atoms with van der Waals surface area (Å²) >= 11 is 0. The number of piperidine rings is 1. The third-order valence-corrected chi connectivity index (χ3v) is 10.4. The smallest absolute Gasteiger partial charge is 0.273 e. The molecule has 1 heterocycles. The van der Waals surface area contributed by atoms with E-state index in [4.69, 9.17) is 4.74 Å². The average Bonchev–Trinajstić information content (AvgIpc) is 2.96. The van der Waals surface area contributed by atoms with Gasteiger partial charge < -0.3 is 10.1 Å². The second-order valence-corrected chi connectivity index (χ2v) is 13.3. The van der Waals surface area contributed by atoms with Crippen LogP contribution in [0.25, 0.3) is 0 Å². The Morgan fingerprint density at radius 1 is 0.951 bits per heavy atom. The summed E-state index contributed by atoms with van der Waals surface area (Å²) in [4.78, 5) is 23.6. The normalized spacial score (nSPS) is 14.3. The molecule has 0 unspecified atom stereocenters. The third-order valence-electron chi connectivity index (χ3n) is 6.70. The number of carbonyl (C=O) groups is 1. The Morgan fingerprint density at radius 3 is 2.15 bits per heavy atom. The molecular formula is C27H30N4O8S2. The van der Waals surface area contributed by atoms with Crippen LogP contribution in [0.4, 0.5) is 17.1 Å². The van der Waals surface area contributed by atoms with Gasteiger partial charge in [-0.2, -0.15) is 4.31 Å². The maximum atomic E-state index is 13.7. The third kappa shape index (κ3) is 6.66. The highest BCUT2D eigenvalue weighted by atomic mass is 32.2. The Hall–Kier alpha value is -4.01. The molecule has 1 fully saturated rings. The van der Waals surface area contributed by atoms with Crippen molar-refractivity contribution in [3.63, 3.8) is 0 Å². The van der Waals surface area contributed by atoms with E-state index >= 15 is 0 Å². The summed E-state index contributed by atoms with van der Waals surface area (Å²) in [5.41, 5.74) is 0.316. The number of nitro benzene ring substituents is 1. The molecule has 3 aromatic rings. The van der Waals surface area contributed by atoms with E-state index in [0.717, 1.165) is 29.6 Å². The first-order chi connectivity index (χ1) is 19.4. The number of rotatable bonds is 10. The lowest BCUT2D eigenvalue weighted by molar-refractivity contribution is -0.385. The van der Waals surface area contributed by atoms with E-state index in [1.54, 1.807) is 0 Å². The number of sulfonamides is 2. The van der Waals surface area contributed by atoms with Crippen molar-refractivity contribution in [1.82, 2.24) is 4.31 Å². The number of benzene rings is 3. The molecule has 3 aromatic carbocycles. The van der Waals surface area contributed by atoms with Crippen LogP contribution in [0.1, 0.15) is 24.8 Å². The van der Waals surface area contributed by atoms with Crippen molar-refractivity contribution in [3.8, 4) is 5.75 Å². The molecule has 0 bridgehead atoms. The topological polar surface area (TPSA) is 156 Å². The number of amides is 1. The van der Waals surface area contributed by atoms with Crippen molar-refractivity contribution in [3.05, 3.63) is 82.4 Å². The van der Waals surface area contributed by atoms with Gasteiger partial charge in [0.2, 0.25) is 15.9 Å². The zero-order valence-corrected chi connectivity index (χ0v) is 24.2. The molecule has 1 aliphatic heterocycles. The molecule has 218 valence electrons. The predicted molar refractivity (Wildman–Crippen MR) is 153 cm³/mol. The number of hydrogen-bond donors (Lipinski definition) is 1. The van der Waals surface area contributed by atoms with Crippen LogP contribution in [0.3, 0.4) is 0 Å². The SMILES string of the molecule is COc1ccc(N(CC(=O)Nc2ccc(S(=O)(=O)N3CCCCC3)cc2)S(=O)(=O)c2ccc(C)c([N+](=O)[O-])c2)cc1. The lowest BCUT2D eigenvalue weighted by atomic mass is 10.2. The van der Waals surface area contributed by atoms with E-state index in [1.165, 1.54) is 79.0 Å². The Kier molecular flexibility index (Phi) is 8.95. The Balaban J connectivity index is 1.59. The van der Waals surface area contributed by atoms with Gasteiger partial charge in [-0.1, -0.05) is 12.5 Å². The molecule has 14 heteroatoms. The van der Waals surface area contributed by atoms with Crippen molar-refractivity contribution in [1.29, 1.82) is 0 Å². The van der Waals surface area contributed by atoms with E-state index in [2.05, 4.69) is 5.32 Å². The Bertz CT molecular complexity index is 1640. The molecule has 1 N–H and O–H groups in total. The minimum atomic E-state index is -4.43. The van der Waals surface area contributed by atoms with Gasteiger partial charge in [-0.05, 0) is 74.4 Å². The fraction of sp³-hybridized carbons (Fsp3) is 0.296. The zero-order chi connectivity index (χ0) is 29.8. The molecule has 1 saturated heterocycles. The molecule has 1 aliphatic rings. The van der Waals surface area contributed by atoms with Crippen molar-refractivity contribution in [2.24, 2.45) is 0 Å². The van der Waals surface area contributed by atoms with E-state index in [9.17, 15) is 31.7 Å². The van der Waals surface area contributed by atoms with Gasteiger partial charge in [-0.3, -0.25) is 19.2 Å². The quantitative estimate of drug-likeness (QED) is 0.270. The monoisotopic (exact) mass is 602 g/mol. The van der Waals surface area contributed by atoms with Crippen LogP contribution in [0.2, 0.25) is 0 Å². The molecule has 12 nitrogen and oxygen atoms in total. The maximum Gasteiger partial charge on any atom is 0.273 e. The second kappa shape index (κ2) is 12.2. The number of methoxy groups -OCH3 is 1. The lowest BCUT2D eigenvalue weighted by Gasteiger charge is -2.26. The molecule has 0 atom stereocenters. The summed E-state index contributed by atoms with van der Waals surface area (Å²) in [6.45, 7) is 1.75. The van der Waals surface area contributed by atoms with E-state index in [1.807, 2.05) is 0 Å². The average molecular weight is 603 g/mol. The van der Waals surface area contributed by atoms with Crippen LogP contribution in [0, 0.1) is 17.0 Å². The van der Waals surface area contributed by atoms with Crippen LogP contribution < -0.4 is 14.4 Å². The summed E-state index contributed by atoms with van der Waals surface area (Å²) in [6.07, 6.45) is 2.59. The molecule has 0 saturated carbocycles. The van der Waals surface area contributed by atoms with E-state index in [0.29, 0.717) is 18.8 Å². The summed E-state index contributed by atoms with van der Waals surface area (Å²) < 4.78 is 60.6. The van der Waals surface area contributed by atoms with Gasteiger partial charge >= 0.3 is 0 Å². The highest BCUT2D eigenvalue weighted by Crippen LogP contribution is 2.29. The number of carbonyl (C=O) groups excluding carboxylic acids is 1. The first kappa shape index (κ1) is 30.0. The van der Waals surface area contributed by atoms with E-state index < -0.39 is 37.4 Å². The van der Waals surface area contributed by atoms with Crippen molar-refractivity contribution < 1.29 is 31.3 Å². The fourth-order valence-electron chi connectivity index (χ4n) is 4.43. The van der Waals surface area contributed by atoms with Gasteiger partial charge in [0.1, 0.15) is 12.3 Å². The summed E-state index contributed by atoms with van der Waals surface area (Å²) in [5.74, 6) is -0.251. The molecule has 0 aromatic heterocycles. The molecule has 1 amide bonds. The maximum absolute atomic E-state index is 13.7. The van der Waals surface area contributed by atoms with E-state index in [-0.39, 0.29) is 32.4 Å². The molecule has 0 spiro atoms. The highest BCUT2D eigenvalue weighted by Gasteiger charge is 2.30. The number of ether oxygens (including phenoxy) is 1. The number of hydrogen-bond acceptors (Lipinski definition) is 8. The minimum absolute atomic E-state index is 0.0980. The first-order valence-corrected chi connectivity index (χ1v) is 15.6. The summed E-state index contributed by atoms with van der Waals surface area (Å²) in [7, 11) is -6.64. The molecular weight excluding hydrogens is 572 g/mol. The standard InChI is InChI=1S/C27H30N4O8S2/c1-20-6-13-25(18-26(20)31(33)34)41(37,38)30(22-9-11-23(39-2)12-10-22)19-27(32)28-21-7-14-24(15-8-21)40(35,36)29-16-4-3-5-17-29/h6-15,18H,3-5,16-17,19H2,1-2H3,(H,28,32). The molecule has 41 heavy (non-hydrogen) atoms. The number of nitrogens with one attached hydrogen (secondary N) is 1. The molecule has 4 rings (SSSR count). The summed E-state index contributed by atoms with van der Waals surface area (Å²) in [6, 6.07) is 15.1. The minimum Gasteiger partial charge on any atom is -0.497 e. The van der Waals surface area contributed by atoms with Gasteiger partial charge in [-0.15, -0.1) is 0 Å². The second-order valence-electron chi connectivity index (χ2n) is 9.45. The lowest BCUT2D eigenvalue weighted by Crippen LogP contribution is -2.38. The largest absolute Gasteiger partial charge is 0.497 e. The first-order valence-electron chi connectivity index (χ1n) is 12.8. The Labute approximate surface area is 238 Å². The van der Waals surface area contributed by atoms with Crippen LogP contribution >= 0.6 is 0 Å². The number of aryl methyl sites for hydroxylation is 1. The summed E-state index contributed by atoms with van der Waals surface area (Å²) in [5, 5.41) is 14.0. The van der Waals surface area contributed by atoms with Crippen LogP contribution in [-0.2, 0) is 24.8 Å². The van der Waals surface area contributed by atoms with Gasteiger partial charge in [0.05, 0.1) is 27.5 Å².